The zero-order chi connectivity index (χ0) is 17.9. The first-order valence-electron chi connectivity index (χ1n) is 7.74. The maximum atomic E-state index is 12.2. The molecule has 0 rings (SSSR count). The summed E-state index contributed by atoms with van der Waals surface area (Å²) in [6, 6.07) is 0. The molecule has 0 fully saturated rings. The Morgan fingerprint density at radius 2 is 1.26 bits per heavy atom. The van der Waals surface area contributed by atoms with E-state index in [1.807, 2.05) is 0 Å². The lowest BCUT2D eigenvalue weighted by molar-refractivity contribution is -0.159. The van der Waals surface area contributed by atoms with E-state index in [9.17, 15) is 14.7 Å². The fourth-order valence-corrected chi connectivity index (χ4v) is 3.46. The van der Waals surface area contributed by atoms with E-state index in [4.69, 9.17) is 5.11 Å². The van der Waals surface area contributed by atoms with Crippen LogP contribution in [0.5, 0.6) is 0 Å². The van der Waals surface area contributed by atoms with E-state index >= 15 is 0 Å². The second-order valence-electron chi connectivity index (χ2n) is 5.89. The van der Waals surface area contributed by atoms with Gasteiger partial charge in [0, 0.05) is 6.42 Å². The van der Waals surface area contributed by atoms with Gasteiger partial charge in [0.2, 0.25) is 0 Å². The molecular weight excluding hydrogens is 292 g/mol. The topological polar surface area (TPSA) is 74.6 Å². The lowest BCUT2D eigenvalue weighted by atomic mass is 9.55. The predicted molar refractivity (Wildman–Crippen MR) is 93.2 cm³/mol. The van der Waals surface area contributed by atoms with Crippen LogP contribution in [-0.4, -0.2) is 22.2 Å². The molecule has 2 N–H and O–H groups in total. The quantitative estimate of drug-likeness (QED) is 0.459. The van der Waals surface area contributed by atoms with Gasteiger partial charge in [0.15, 0.2) is 0 Å². The van der Waals surface area contributed by atoms with Crippen LogP contribution in [0.1, 0.15) is 44.9 Å². The van der Waals surface area contributed by atoms with Crippen LogP contribution in [0, 0.1) is 10.8 Å². The number of carboxylic acids is 2. The minimum Gasteiger partial charge on any atom is -0.481 e. The maximum absolute atomic E-state index is 12.2. The minimum atomic E-state index is -1.10. The van der Waals surface area contributed by atoms with Gasteiger partial charge in [-0.15, -0.1) is 26.3 Å². The van der Waals surface area contributed by atoms with Crippen LogP contribution in [0.25, 0.3) is 0 Å². The van der Waals surface area contributed by atoms with Gasteiger partial charge in [-0.3, -0.25) is 9.59 Å². The van der Waals surface area contributed by atoms with Gasteiger partial charge in [0.05, 0.1) is 5.41 Å². The minimum absolute atomic E-state index is 0.00785. The highest BCUT2D eigenvalue weighted by Crippen LogP contribution is 2.54. The molecule has 0 unspecified atom stereocenters. The molecule has 0 aliphatic carbocycles. The summed E-state index contributed by atoms with van der Waals surface area (Å²) in [6.45, 7) is 15.0. The molecule has 0 atom stereocenters. The van der Waals surface area contributed by atoms with E-state index in [2.05, 4.69) is 26.3 Å². The van der Waals surface area contributed by atoms with Crippen molar-refractivity contribution in [2.45, 2.75) is 44.9 Å². The lowest BCUT2D eigenvalue weighted by Crippen LogP contribution is -2.47. The Bertz CT molecular complexity index is 442. The third-order valence-electron chi connectivity index (χ3n) is 4.53. The van der Waals surface area contributed by atoms with Crippen molar-refractivity contribution in [3.8, 4) is 0 Å². The van der Waals surface area contributed by atoms with Gasteiger partial charge < -0.3 is 10.2 Å². The van der Waals surface area contributed by atoms with Crippen molar-refractivity contribution in [3.05, 3.63) is 50.6 Å². The fourth-order valence-electron chi connectivity index (χ4n) is 3.46. The summed E-state index contributed by atoms with van der Waals surface area (Å²) in [6.07, 6.45) is 8.98. The maximum Gasteiger partial charge on any atom is 0.310 e. The predicted octanol–water partition coefficient (Wildman–Crippen LogP) is 4.60. The van der Waals surface area contributed by atoms with Crippen LogP contribution in [0.4, 0.5) is 0 Å². The average Bonchev–Trinajstić information content (AvgIpc) is 2.46. The van der Waals surface area contributed by atoms with Gasteiger partial charge in [-0.25, -0.2) is 0 Å². The Kier molecular flexibility index (Phi) is 8.93. The van der Waals surface area contributed by atoms with Gasteiger partial charge in [-0.2, -0.15) is 0 Å². The fraction of sp³-hybridized carbons (Fsp3) is 0.474. The molecule has 4 heteroatoms. The molecule has 0 aromatic rings. The molecule has 0 aliphatic heterocycles. The van der Waals surface area contributed by atoms with E-state index < -0.39 is 22.8 Å². The number of aliphatic carboxylic acids is 2. The van der Waals surface area contributed by atoms with Gasteiger partial charge in [0.1, 0.15) is 0 Å². The number of hydrogen-bond donors (Lipinski definition) is 2. The van der Waals surface area contributed by atoms with Gasteiger partial charge in [-0.05, 0) is 43.9 Å². The molecule has 128 valence electrons. The molecule has 23 heavy (non-hydrogen) atoms. The van der Waals surface area contributed by atoms with Crippen molar-refractivity contribution in [2.24, 2.45) is 10.8 Å². The summed E-state index contributed by atoms with van der Waals surface area (Å²) in [4.78, 5) is 23.1. The van der Waals surface area contributed by atoms with Gasteiger partial charge >= 0.3 is 11.9 Å². The van der Waals surface area contributed by atoms with E-state index in [-0.39, 0.29) is 19.3 Å². The van der Waals surface area contributed by atoms with E-state index in [1.54, 1.807) is 24.3 Å². The second kappa shape index (κ2) is 9.82. The van der Waals surface area contributed by atoms with Crippen LogP contribution in [-0.2, 0) is 9.59 Å². The van der Waals surface area contributed by atoms with E-state index in [1.165, 1.54) is 0 Å². The van der Waals surface area contributed by atoms with Gasteiger partial charge in [0.25, 0.3) is 0 Å². The third-order valence-corrected chi connectivity index (χ3v) is 4.53. The van der Waals surface area contributed by atoms with E-state index in [0.29, 0.717) is 25.7 Å². The van der Waals surface area contributed by atoms with E-state index in [0.717, 1.165) is 0 Å². The Balaban J connectivity index is 6.02. The molecule has 0 bridgehead atoms. The second-order valence-corrected chi connectivity index (χ2v) is 5.89. The molecule has 0 aromatic carbocycles. The normalized spacial score (nSPS) is 11.5. The number of allylic oxidation sites excluding steroid dienone is 4. The van der Waals surface area contributed by atoms with Crippen molar-refractivity contribution in [1.29, 1.82) is 0 Å². The molecule has 0 saturated heterocycles. The highest BCUT2D eigenvalue weighted by atomic mass is 16.4. The van der Waals surface area contributed by atoms with Crippen molar-refractivity contribution in [2.75, 3.05) is 0 Å². The molecule has 0 aromatic heterocycles. The van der Waals surface area contributed by atoms with Crippen LogP contribution >= 0.6 is 0 Å². The Morgan fingerprint density at radius 1 is 0.826 bits per heavy atom. The Morgan fingerprint density at radius 3 is 1.57 bits per heavy atom. The molecule has 0 spiro atoms. The summed E-state index contributed by atoms with van der Waals surface area (Å²) in [5.41, 5.74) is -1.77. The lowest BCUT2D eigenvalue weighted by Gasteiger charge is -2.47. The third kappa shape index (κ3) is 4.95. The molecule has 0 saturated carbocycles. The first-order valence-corrected chi connectivity index (χ1v) is 7.74. The summed E-state index contributed by atoms with van der Waals surface area (Å²) >= 11 is 0. The standard InChI is InChI=1S/C19H28O4/c1-5-11-18(12-6-2,15-9-10-16(20)21)19(13-7-3,14-8-4)17(22)23/h5-8H,1-4,9-15H2,(H,20,21)(H,22,23). The number of rotatable bonds is 14. The highest BCUT2D eigenvalue weighted by Gasteiger charge is 2.53. The Hall–Kier alpha value is -2.10. The Labute approximate surface area is 138 Å². The average molecular weight is 320 g/mol. The SMILES string of the molecule is C=CCC(CC=C)(CCCC(=O)O)C(CC=C)(CC=C)C(=O)O. The number of carbonyl (C=O) groups is 2. The monoisotopic (exact) mass is 320 g/mol. The summed E-state index contributed by atoms with van der Waals surface area (Å²) in [5.74, 6) is -1.80. The first kappa shape index (κ1) is 20.9. The number of carboxylic acid groups (broad SMARTS) is 2. The van der Waals surface area contributed by atoms with Crippen LogP contribution in [0.15, 0.2) is 50.6 Å². The smallest absolute Gasteiger partial charge is 0.310 e. The van der Waals surface area contributed by atoms with Crippen LogP contribution in [0.2, 0.25) is 0 Å². The first-order chi connectivity index (χ1) is 10.9. The molecule has 0 heterocycles. The zero-order valence-electron chi connectivity index (χ0n) is 13.8. The number of hydrogen-bond acceptors (Lipinski definition) is 2. The molecule has 0 amide bonds. The molecule has 0 radical (unpaired) electrons. The molecule has 4 nitrogen and oxygen atoms in total. The van der Waals surface area contributed by atoms with Crippen molar-refractivity contribution in [3.63, 3.8) is 0 Å². The molecular formula is C19H28O4. The summed E-state index contributed by atoms with van der Waals surface area (Å²) in [5, 5.41) is 18.9. The van der Waals surface area contributed by atoms with Crippen LogP contribution < -0.4 is 0 Å². The zero-order valence-corrected chi connectivity index (χ0v) is 13.8. The van der Waals surface area contributed by atoms with Gasteiger partial charge in [-0.1, -0.05) is 24.3 Å². The largest absolute Gasteiger partial charge is 0.481 e. The van der Waals surface area contributed by atoms with Crippen molar-refractivity contribution in [1.82, 2.24) is 0 Å². The van der Waals surface area contributed by atoms with Crippen molar-refractivity contribution < 1.29 is 19.8 Å². The summed E-state index contributed by atoms with van der Waals surface area (Å²) in [7, 11) is 0. The van der Waals surface area contributed by atoms with Crippen molar-refractivity contribution >= 4 is 11.9 Å². The molecule has 0 aliphatic rings. The summed E-state index contributed by atoms with van der Waals surface area (Å²) < 4.78 is 0. The highest BCUT2D eigenvalue weighted by molar-refractivity contribution is 5.76. The van der Waals surface area contributed by atoms with Crippen LogP contribution in [0.3, 0.4) is 0 Å².